The summed E-state index contributed by atoms with van der Waals surface area (Å²) in [5.74, 6) is 0.0722. The van der Waals surface area contributed by atoms with Crippen molar-refractivity contribution in [3.05, 3.63) is 53.8 Å². The Bertz CT molecular complexity index is 1070. The molecule has 2 saturated heterocycles. The maximum atomic E-state index is 13.2. The molecule has 0 saturated carbocycles. The van der Waals surface area contributed by atoms with Gasteiger partial charge in [0.05, 0.1) is 16.1 Å². The van der Waals surface area contributed by atoms with E-state index in [0.717, 1.165) is 55.4 Å². The van der Waals surface area contributed by atoms with Gasteiger partial charge < -0.3 is 14.7 Å². The molecular weight excluding hydrogens is 411 g/mol. The third kappa shape index (κ3) is 4.24. The number of hydrogen-bond acceptors (Lipinski definition) is 5. The van der Waals surface area contributed by atoms with E-state index in [1.54, 1.807) is 11.3 Å². The summed E-state index contributed by atoms with van der Waals surface area (Å²) in [6.07, 6.45) is 1.96. The van der Waals surface area contributed by atoms with Crippen molar-refractivity contribution < 1.29 is 9.18 Å². The minimum Gasteiger partial charge on any atom is -0.368 e. The number of piperidine rings is 1. The van der Waals surface area contributed by atoms with Crippen molar-refractivity contribution in [3.8, 4) is 0 Å². The highest BCUT2D eigenvalue weighted by molar-refractivity contribution is 7.22. The number of amides is 1. The zero-order valence-corrected chi connectivity index (χ0v) is 18.6. The Morgan fingerprint density at radius 3 is 2.58 bits per heavy atom. The van der Waals surface area contributed by atoms with Crippen LogP contribution in [0.25, 0.3) is 10.2 Å². The highest BCUT2D eigenvalue weighted by atomic mass is 32.1. The largest absolute Gasteiger partial charge is 0.368 e. The summed E-state index contributed by atoms with van der Waals surface area (Å²) in [4.78, 5) is 24.6. The summed E-state index contributed by atoms with van der Waals surface area (Å²) in [5, 5.41) is 1.03. The number of hydrogen-bond donors (Lipinski definition) is 0. The molecule has 0 spiro atoms. The van der Waals surface area contributed by atoms with Gasteiger partial charge in [0.15, 0.2) is 5.13 Å². The normalized spacial score (nSPS) is 19.8. The molecule has 1 aromatic heterocycles. The molecule has 7 heteroatoms. The van der Waals surface area contributed by atoms with Crippen molar-refractivity contribution in [1.29, 1.82) is 0 Å². The molecule has 3 aromatic rings. The van der Waals surface area contributed by atoms with Gasteiger partial charge in [-0.25, -0.2) is 9.37 Å². The number of aryl methyl sites for hydroxylation is 1. The Morgan fingerprint density at radius 1 is 1.03 bits per heavy atom. The topological polar surface area (TPSA) is 39.7 Å². The van der Waals surface area contributed by atoms with Gasteiger partial charge in [-0.3, -0.25) is 4.79 Å². The van der Waals surface area contributed by atoms with Gasteiger partial charge in [-0.05, 0) is 61.7 Å². The standard InChI is InChI=1S/C24H27FN4OS/c1-17-4-9-21-22(15-17)31-24(26-21)29-10-2-3-18(16-29)23(30)28-13-11-27(12-14-28)20-7-5-19(25)6-8-20/h4-9,15,18H,2-3,10-14,16H2,1H3. The van der Waals surface area contributed by atoms with Gasteiger partial charge in [-0.1, -0.05) is 17.4 Å². The number of piperazine rings is 1. The zero-order valence-electron chi connectivity index (χ0n) is 17.8. The molecule has 2 fully saturated rings. The lowest BCUT2D eigenvalue weighted by Gasteiger charge is -2.39. The van der Waals surface area contributed by atoms with E-state index in [9.17, 15) is 9.18 Å². The van der Waals surface area contributed by atoms with Gasteiger partial charge in [0, 0.05) is 45.0 Å². The smallest absolute Gasteiger partial charge is 0.227 e. The third-order valence-electron chi connectivity index (χ3n) is 6.36. The molecule has 0 aliphatic carbocycles. The number of benzene rings is 2. The summed E-state index contributed by atoms with van der Waals surface area (Å²) < 4.78 is 14.4. The van der Waals surface area contributed by atoms with Gasteiger partial charge in [-0.2, -0.15) is 0 Å². The average Bonchev–Trinajstić information content (AvgIpc) is 3.23. The van der Waals surface area contributed by atoms with Crippen LogP contribution in [0.5, 0.6) is 0 Å². The Morgan fingerprint density at radius 2 is 1.81 bits per heavy atom. The van der Waals surface area contributed by atoms with E-state index < -0.39 is 0 Å². The molecule has 2 aliphatic heterocycles. The number of rotatable bonds is 3. The van der Waals surface area contributed by atoms with Crippen molar-refractivity contribution in [2.24, 2.45) is 5.92 Å². The molecule has 5 rings (SSSR count). The van der Waals surface area contributed by atoms with E-state index >= 15 is 0 Å². The van der Waals surface area contributed by atoms with Crippen LogP contribution >= 0.6 is 11.3 Å². The van der Waals surface area contributed by atoms with Gasteiger partial charge in [0.1, 0.15) is 5.82 Å². The van der Waals surface area contributed by atoms with Gasteiger partial charge in [0.2, 0.25) is 5.91 Å². The van der Waals surface area contributed by atoms with Gasteiger partial charge in [0.25, 0.3) is 0 Å². The fraction of sp³-hybridized carbons (Fsp3) is 0.417. The number of thiazole rings is 1. The van der Waals surface area contributed by atoms with Gasteiger partial charge >= 0.3 is 0 Å². The van der Waals surface area contributed by atoms with Crippen LogP contribution in [-0.2, 0) is 4.79 Å². The summed E-state index contributed by atoms with van der Waals surface area (Å²) in [6, 6.07) is 13.0. The molecule has 3 heterocycles. The van der Waals surface area contributed by atoms with E-state index in [1.165, 1.54) is 22.4 Å². The Kier molecular flexibility index (Phi) is 5.52. The first kappa shape index (κ1) is 20.2. The molecule has 31 heavy (non-hydrogen) atoms. The predicted molar refractivity (Wildman–Crippen MR) is 124 cm³/mol. The van der Waals surface area contributed by atoms with Crippen LogP contribution in [0.2, 0.25) is 0 Å². The third-order valence-corrected chi connectivity index (χ3v) is 7.44. The zero-order chi connectivity index (χ0) is 21.4. The lowest BCUT2D eigenvalue weighted by Crippen LogP contribution is -2.52. The minimum absolute atomic E-state index is 0.0277. The fourth-order valence-electron chi connectivity index (χ4n) is 4.60. The molecule has 0 radical (unpaired) electrons. The average molecular weight is 439 g/mol. The van der Waals surface area contributed by atoms with Crippen molar-refractivity contribution in [2.45, 2.75) is 19.8 Å². The summed E-state index contributed by atoms with van der Waals surface area (Å²) in [5.41, 5.74) is 3.30. The maximum Gasteiger partial charge on any atom is 0.227 e. The Balaban J connectivity index is 1.22. The van der Waals surface area contributed by atoms with Crippen LogP contribution in [0.15, 0.2) is 42.5 Å². The number of nitrogens with zero attached hydrogens (tertiary/aromatic N) is 4. The molecule has 2 aliphatic rings. The van der Waals surface area contributed by atoms with Crippen molar-refractivity contribution in [1.82, 2.24) is 9.88 Å². The molecular formula is C24H27FN4OS. The molecule has 1 atom stereocenters. The molecule has 5 nitrogen and oxygen atoms in total. The molecule has 1 amide bonds. The monoisotopic (exact) mass is 438 g/mol. The highest BCUT2D eigenvalue weighted by Gasteiger charge is 2.32. The summed E-state index contributed by atoms with van der Waals surface area (Å²) >= 11 is 1.72. The molecule has 0 N–H and O–H groups in total. The fourth-order valence-corrected chi connectivity index (χ4v) is 5.70. The van der Waals surface area contributed by atoms with E-state index in [2.05, 4.69) is 34.9 Å². The predicted octanol–water partition coefficient (Wildman–Crippen LogP) is 4.31. The Hall–Kier alpha value is -2.67. The second-order valence-corrected chi connectivity index (χ2v) is 9.55. The number of aromatic nitrogens is 1. The first-order chi connectivity index (χ1) is 15.1. The Labute approximate surface area is 186 Å². The lowest BCUT2D eigenvalue weighted by molar-refractivity contribution is -0.136. The van der Waals surface area contributed by atoms with E-state index in [4.69, 9.17) is 4.98 Å². The van der Waals surface area contributed by atoms with Crippen molar-refractivity contribution in [3.63, 3.8) is 0 Å². The van der Waals surface area contributed by atoms with Crippen LogP contribution in [0.3, 0.4) is 0 Å². The summed E-state index contributed by atoms with van der Waals surface area (Å²) in [7, 11) is 0. The first-order valence-corrected chi connectivity index (χ1v) is 11.8. The van der Waals surface area contributed by atoms with Crippen molar-refractivity contribution in [2.75, 3.05) is 49.1 Å². The van der Waals surface area contributed by atoms with Crippen molar-refractivity contribution >= 4 is 38.3 Å². The second kappa shape index (κ2) is 8.46. The van der Waals surface area contributed by atoms with Crippen LogP contribution in [0, 0.1) is 18.7 Å². The highest BCUT2D eigenvalue weighted by Crippen LogP contribution is 2.32. The van der Waals surface area contributed by atoms with Crippen LogP contribution in [0.1, 0.15) is 18.4 Å². The maximum absolute atomic E-state index is 13.2. The number of carbonyl (C=O) groups is 1. The molecule has 0 bridgehead atoms. The van der Waals surface area contributed by atoms with Crippen LogP contribution in [0.4, 0.5) is 15.2 Å². The number of carbonyl (C=O) groups excluding carboxylic acids is 1. The number of halogens is 1. The molecule has 162 valence electrons. The van der Waals surface area contributed by atoms with Crippen LogP contribution < -0.4 is 9.80 Å². The SMILES string of the molecule is Cc1ccc2nc(N3CCCC(C(=O)N4CCN(c5ccc(F)cc5)CC4)C3)sc2c1. The molecule has 1 unspecified atom stereocenters. The summed E-state index contributed by atoms with van der Waals surface area (Å²) in [6.45, 7) is 6.80. The van der Waals surface area contributed by atoms with E-state index in [0.29, 0.717) is 13.1 Å². The first-order valence-electron chi connectivity index (χ1n) is 11.0. The van der Waals surface area contributed by atoms with Crippen LogP contribution in [-0.4, -0.2) is 55.1 Å². The van der Waals surface area contributed by atoms with E-state index in [-0.39, 0.29) is 17.6 Å². The quantitative estimate of drug-likeness (QED) is 0.611. The van der Waals surface area contributed by atoms with Gasteiger partial charge in [-0.15, -0.1) is 0 Å². The van der Waals surface area contributed by atoms with E-state index in [1.807, 2.05) is 17.0 Å². The lowest BCUT2D eigenvalue weighted by atomic mass is 9.96. The number of fused-ring (bicyclic) bond motifs is 1. The second-order valence-electron chi connectivity index (χ2n) is 8.54. The number of anilines is 2. The molecule has 2 aromatic carbocycles. The minimum atomic E-state index is -0.220.